The highest BCUT2D eigenvalue weighted by Gasteiger charge is 2.32. The molecule has 0 aliphatic carbocycles. The van der Waals surface area contributed by atoms with E-state index in [-0.39, 0.29) is 18.8 Å². The van der Waals surface area contributed by atoms with Crippen molar-refractivity contribution >= 4 is 5.97 Å². The molecule has 1 aromatic heterocycles. The number of pyridine rings is 1. The summed E-state index contributed by atoms with van der Waals surface area (Å²) < 4.78 is 67.1. The van der Waals surface area contributed by atoms with Crippen molar-refractivity contribution in [2.45, 2.75) is 19.1 Å². The van der Waals surface area contributed by atoms with Crippen LogP contribution in [0.2, 0.25) is 0 Å². The third-order valence-corrected chi connectivity index (χ3v) is 2.90. The van der Waals surface area contributed by atoms with Gasteiger partial charge in [-0.05, 0) is 11.6 Å². The second-order valence-corrected chi connectivity index (χ2v) is 4.56. The Labute approximate surface area is 122 Å². The Bertz CT molecular complexity index is 569. The molecule has 120 valence electrons. The van der Waals surface area contributed by atoms with Gasteiger partial charge in [0.05, 0.1) is 12.2 Å². The molecule has 0 atom stereocenters. The summed E-state index contributed by atoms with van der Waals surface area (Å²) in [6.45, 7) is -0.902. The number of nitrogens with zero attached hydrogens (tertiary/aromatic N) is 2. The second-order valence-electron chi connectivity index (χ2n) is 4.56. The second kappa shape index (κ2) is 6.29. The first-order valence-electron chi connectivity index (χ1n) is 6.18. The van der Waals surface area contributed by atoms with Crippen LogP contribution < -0.4 is 0 Å². The average molecular weight is 322 g/mol. The van der Waals surface area contributed by atoms with Gasteiger partial charge in [-0.1, -0.05) is 6.07 Å². The Morgan fingerprint density at radius 1 is 1.32 bits per heavy atom. The normalized spacial score (nSPS) is 15.0. The lowest BCUT2D eigenvalue weighted by atomic mass is 10.2. The number of alkyl halides is 5. The van der Waals surface area contributed by atoms with Crippen molar-refractivity contribution in [3.63, 3.8) is 0 Å². The summed E-state index contributed by atoms with van der Waals surface area (Å²) in [5, 5.41) is 0. The van der Waals surface area contributed by atoms with E-state index in [0.717, 1.165) is 24.4 Å². The molecule has 0 radical (unpaired) electrons. The summed E-state index contributed by atoms with van der Waals surface area (Å²) in [6, 6.07) is 1.94. The molecule has 1 aromatic rings. The van der Waals surface area contributed by atoms with Gasteiger partial charge in [0.25, 0.3) is 6.43 Å². The monoisotopic (exact) mass is 322 g/mol. The Morgan fingerprint density at radius 3 is 2.50 bits per heavy atom. The Kier molecular flexibility index (Phi) is 4.62. The molecule has 0 N–H and O–H groups in total. The molecule has 0 saturated heterocycles. The van der Waals surface area contributed by atoms with Crippen molar-refractivity contribution in [2.24, 2.45) is 0 Å². The molecule has 22 heavy (non-hydrogen) atoms. The number of hydrogen-bond acceptors (Lipinski definition) is 4. The van der Waals surface area contributed by atoms with Crippen molar-refractivity contribution in [3.8, 4) is 0 Å². The highest BCUT2D eigenvalue weighted by molar-refractivity contribution is 5.85. The van der Waals surface area contributed by atoms with Crippen LogP contribution >= 0.6 is 0 Å². The van der Waals surface area contributed by atoms with Crippen LogP contribution in [-0.4, -0.2) is 35.4 Å². The van der Waals surface area contributed by atoms with Crippen LogP contribution in [0, 0.1) is 0 Å². The number of carbonyl (C=O) groups excluding carboxylic acids is 1. The van der Waals surface area contributed by atoms with E-state index in [9.17, 15) is 26.7 Å². The maximum Gasteiger partial charge on any atom is 0.433 e. The van der Waals surface area contributed by atoms with Crippen molar-refractivity contribution in [2.75, 3.05) is 13.2 Å². The number of aromatic nitrogens is 1. The lowest BCUT2D eigenvalue weighted by molar-refractivity contribution is -0.141. The molecule has 0 unspecified atom stereocenters. The minimum atomic E-state index is -4.56. The summed E-state index contributed by atoms with van der Waals surface area (Å²) in [5.74, 6) is -0.639. The number of esters is 1. The SMILES string of the molecule is O=C1C=C(N(Cc2ccc(C(F)(F)F)nc2)CC(F)F)CO1. The molecule has 0 bridgehead atoms. The topological polar surface area (TPSA) is 42.4 Å². The molecule has 0 fully saturated rings. The lowest BCUT2D eigenvalue weighted by Crippen LogP contribution is -2.28. The Balaban J connectivity index is 2.13. The number of halogens is 5. The van der Waals surface area contributed by atoms with Gasteiger partial charge in [-0.3, -0.25) is 4.98 Å². The summed E-state index contributed by atoms with van der Waals surface area (Å²) in [4.78, 5) is 15.4. The maximum atomic E-state index is 12.6. The molecule has 9 heteroatoms. The van der Waals surface area contributed by atoms with E-state index in [1.54, 1.807) is 0 Å². The van der Waals surface area contributed by atoms with E-state index in [1.165, 1.54) is 4.90 Å². The fourth-order valence-corrected chi connectivity index (χ4v) is 1.90. The predicted molar refractivity (Wildman–Crippen MR) is 64.7 cm³/mol. The van der Waals surface area contributed by atoms with Gasteiger partial charge in [0.15, 0.2) is 0 Å². The maximum absolute atomic E-state index is 12.6. The van der Waals surface area contributed by atoms with E-state index >= 15 is 0 Å². The van der Waals surface area contributed by atoms with Crippen LogP contribution in [0.15, 0.2) is 30.1 Å². The van der Waals surface area contributed by atoms with E-state index in [4.69, 9.17) is 0 Å². The molecule has 0 spiro atoms. The lowest BCUT2D eigenvalue weighted by Gasteiger charge is -2.24. The first kappa shape index (κ1) is 16.2. The van der Waals surface area contributed by atoms with Gasteiger partial charge < -0.3 is 9.64 Å². The predicted octanol–water partition coefficient (Wildman–Crippen LogP) is 2.61. The molecule has 1 aliphatic rings. The van der Waals surface area contributed by atoms with Gasteiger partial charge in [-0.2, -0.15) is 13.2 Å². The average Bonchev–Trinajstić information content (AvgIpc) is 2.84. The third-order valence-electron chi connectivity index (χ3n) is 2.90. The first-order chi connectivity index (χ1) is 10.3. The van der Waals surface area contributed by atoms with Crippen LogP contribution in [0.5, 0.6) is 0 Å². The van der Waals surface area contributed by atoms with E-state index < -0.39 is 30.8 Å². The minimum absolute atomic E-state index is 0.0993. The van der Waals surface area contributed by atoms with Gasteiger partial charge in [0, 0.05) is 18.8 Å². The molecule has 2 rings (SSSR count). The van der Waals surface area contributed by atoms with Crippen LogP contribution in [0.3, 0.4) is 0 Å². The van der Waals surface area contributed by atoms with Crippen molar-refractivity contribution in [1.29, 1.82) is 0 Å². The Hall–Kier alpha value is -2.19. The fraction of sp³-hybridized carbons (Fsp3) is 0.385. The van der Waals surface area contributed by atoms with Gasteiger partial charge in [-0.25, -0.2) is 13.6 Å². The smallest absolute Gasteiger partial charge is 0.433 e. The Morgan fingerprint density at radius 2 is 2.05 bits per heavy atom. The molecule has 4 nitrogen and oxygen atoms in total. The van der Waals surface area contributed by atoms with Gasteiger partial charge >= 0.3 is 12.1 Å². The van der Waals surface area contributed by atoms with Crippen molar-refractivity contribution in [1.82, 2.24) is 9.88 Å². The zero-order valence-corrected chi connectivity index (χ0v) is 11.1. The molecule has 0 saturated carbocycles. The summed E-state index contributed by atoms with van der Waals surface area (Å²) >= 11 is 0. The summed E-state index contributed by atoms with van der Waals surface area (Å²) in [5.41, 5.74) is -0.491. The number of cyclic esters (lactones) is 1. The molecular weight excluding hydrogens is 311 g/mol. The third kappa shape index (κ3) is 4.15. The van der Waals surface area contributed by atoms with Crippen molar-refractivity contribution < 1.29 is 31.5 Å². The van der Waals surface area contributed by atoms with Crippen molar-refractivity contribution in [3.05, 3.63) is 41.4 Å². The molecule has 1 aliphatic heterocycles. The van der Waals surface area contributed by atoms with Gasteiger partial charge in [0.1, 0.15) is 12.3 Å². The minimum Gasteiger partial charge on any atom is -0.456 e. The quantitative estimate of drug-likeness (QED) is 0.617. The van der Waals surface area contributed by atoms with E-state index in [0.29, 0.717) is 5.56 Å². The zero-order chi connectivity index (χ0) is 16.3. The van der Waals surface area contributed by atoms with E-state index in [2.05, 4.69) is 9.72 Å². The van der Waals surface area contributed by atoms with Crippen LogP contribution in [0.25, 0.3) is 0 Å². The van der Waals surface area contributed by atoms with Crippen LogP contribution in [0.4, 0.5) is 22.0 Å². The largest absolute Gasteiger partial charge is 0.456 e. The molecule has 0 amide bonds. The first-order valence-corrected chi connectivity index (χ1v) is 6.18. The van der Waals surface area contributed by atoms with Crippen LogP contribution in [0.1, 0.15) is 11.3 Å². The highest BCUT2D eigenvalue weighted by Crippen LogP contribution is 2.27. The number of hydrogen-bond donors (Lipinski definition) is 0. The summed E-state index contributed by atoms with van der Waals surface area (Å²) in [7, 11) is 0. The van der Waals surface area contributed by atoms with Gasteiger partial charge in [0.2, 0.25) is 0 Å². The molecule has 0 aromatic carbocycles. The van der Waals surface area contributed by atoms with Crippen LogP contribution in [-0.2, 0) is 22.3 Å². The molecule has 2 heterocycles. The highest BCUT2D eigenvalue weighted by atomic mass is 19.4. The van der Waals surface area contributed by atoms with Gasteiger partial charge in [-0.15, -0.1) is 0 Å². The molecular formula is C13H11F5N2O2. The standard InChI is InChI=1S/C13H11F5N2O2/c14-11(15)6-20(9-3-12(21)22-7-9)5-8-1-2-10(19-4-8)13(16,17)18/h1-4,11H,5-7H2. The zero-order valence-electron chi connectivity index (χ0n) is 11.1. The number of carbonyl (C=O) groups is 1. The number of rotatable bonds is 5. The number of ether oxygens (including phenoxy) is 1. The summed E-state index contributed by atoms with van der Waals surface area (Å²) in [6.07, 6.45) is -5.17. The van der Waals surface area contributed by atoms with E-state index in [1.807, 2.05) is 0 Å². The fourth-order valence-electron chi connectivity index (χ4n) is 1.90.